The lowest BCUT2D eigenvalue weighted by Crippen LogP contribution is -2.49. The van der Waals surface area contributed by atoms with Crippen LogP contribution in [-0.4, -0.2) is 58.4 Å². The first kappa shape index (κ1) is 18.7. The van der Waals surface area contributed by atoms with Gasteiger partial charge < -0.3 is 14.5 Å². The summed E-state index contributed by atoms with van der Waals surface area (Å²) in [5, 5.41) is 5.40. The molecule has 7 nitrogen and oxygen atoms in total. The predicted octanol–water partition coefficient (Wildman–Crippen LogP) is 2.86. The monoisotopic (exact) mass is 399 g/mol. The fourth-order valence-corrected chi connectivity index (χ4v) is 4.54. The van der Waals surface area contributed by atoms with Crippen molar-refractivity contribution in [1.82, 2.24) is 19.7 Å². The third kappa shape index (κ3) is 3.82. The van der Waals surface area contributed by atoms with Gasteiger partial charge in [-0.2, -0.15) is 5.10 Å². The number of thiazole rings is 1. The highest BCUT2D eigenvalue weighted by molar-refractivity contribution is 7.22. The van der Waals surface area contributed by atoms with Gasteiger partial charge in [0.15, 0.2) is 5.13 Å². The Labute approximate surface area is 168 Å². The average molecular weight is 400 g/mol. The third-order valence-corrected chi connectivity index (χ3v) is 6.03. The molecule has 1 saturated heterocycles. The lowest BCUT2D eigenvalue weighted by Gasteiger charge is -2.34. The number of aryl methyl sites for hydroxylation is 2. The minimum Gasteiger partial charge on any atom is -0.494 e. The second-order valence-corrected chi connectivity index (χ2v) is 8.02. The van der Waals surface area contributed by atoms with Gasteiger partial charge in [-0.15, -0.1) is 0 Å². The third-order valence-electron chi connectivity index (χ3n) is 4.95. The number of hydrogen-bond acceptors (Lipinski definition) is 6. The summed E-state index contributed by atoms with van der Waals surface area (Å²) in [7, 11) is 0. The number of benzene rings is 1. The van der Waals surface area contributed by atoms with Crippen molar-refractivity contribution >= 4 is 32.6 Å². The Morgan fingerprint density at radius 2 is 1.96 bits per heavy atom. The molecular formula is C20H25N5O2S. The van der Waals surface area contributed by atoms with Crippen LogP contribution in [0.4, 0.5) is 5.13 Å². The van der Waals surface area contributed by atoms with Crippen molar-refractivity contribution in [3.63, 3.8) is 0 Å². The van der Waals surface area contributed by atoms with Crippen LogP contribution in [0.15, 0.2) is 24.3 Å². The number of carbonyl (C=O) groups excluding carboxylic acids is 1. The summed E-state index contributed by atoms with van der Waals surface area (Å²) in [4.78, 5) is 21.6. The van der Waals surface area contributed by atoms with E-state index in [0.29, 0.717) is 26.2 Å². The molecule has 1 fully saturated rings. The van der Waals surface area contributed by atoms with Crippen molar-refractivity contribution in [3.05, 3.63) is 35.7 Å². The van der Waals surface area contributed by atoms with Crippen LogP contribution in [0.5, 0.6) is 5.75 Å². The summed E-state index contributed by atoms with van der Waals surface area (Å²) < 4.78 is 8.50. The fraction of sp³-hybridized carbons (Fsp3) is 0.450. The largest absolute Gasteiger partial charge is 0.494 e. The van der Waals surface area contributed by atoms with Gasteiger partial charge in [0.1, 0.15) is 12.3 Å². The van der Waals surface area contributed by atoms with Gasteiger partial charge in [0.05, 0.1) is 22.5 Å². The first-order valence-corrected chi connectivity index (χ1v) is 10.4. The molecule has 2 aromatic heterocycles. The van der Waals surface area contributed by atoms with Gasteiger partial charge in [-0.1, -0.05) is 11.3 Å². The molecule has 0 atom stereocenters. The van der Waals surface area contributed by atoms with Crippen LogP contribution in [0.1, 0.15) is 18.3 Å². The van der Waals surface area contributed by atoms with E-state index in [1.807, 2.05) is 49.9 Å². The van der Waals surface area contributed by atoms with E-state index in [1.165, 1.54) is 0 Å². The standard InChI is InChI=1S/C20H25N5O2S/c1-4-27-16-5-6-17-18(12-16)28-20(21-17)24-9-7-23(8-10-24)19(26)13-25-15(3)11-14(2)22-25/h5-6,11-12H,4,7-10,13H2,1-3H3. The Morgan fingerprint density at radius 3 is 2.64 bits per heavy atom. The van der Waals surface area contributed by atoms with Gasteiger partial charge in [0.2, 0.25) is 5.91 Å². The van der Waals surface area contributed by atoms with Gasteiger partial charge in [0, 0.05) is 31.9 Å². The summed E-state index contributed by atoms with van der Waals surface area (Å²) in [6, 6.07) is 8.02. The minimum atomic E-state index is 0.122. The minimum absolute atomic E-state index is 0.122. The fourth-order valence-electron chi connectivity index (χ4n) is 3.49. The summed E-state index contributed by atoms with van der Waals surface area (Å²) in [5.41, 5.74) is 2.95. The van der Waals surface area contributed by atoms with E-state index in [1.54, 1.807) is 16.0 Å². The smallest absolute Gasteiger partial charge is 0.244 e. The van der Waals surface area contributed by atoms with Gasteiger partial charge in [-0.05, 0) is 45.0 Å². The molecule has 0 unspecified atom stereocenters. The molecule has 0 saturated carbocycles. The first-order chi connectivity index (χ1) is 13.5. The Bertz CT molecular complexity index is 988. The van der Waals surface area contributed by atoms with E-state index in [4.69, 9.17) is 9.72 Å². The van der Waals surface area contributed by atoms with Crippen molar-refractivity contribution in [2.45, 2.75) is 27.3 Å². The lowest BCUT2D eigenvalue weighted by molar-refractivity contribution is -0.132. The quantitative estimate of drug-likeness (QED) is 0.660. The predicted molar refractivity (Wildman–Crippen MR) is 111 cm³/mol. The molecule has 1 aliphatic heterocycles. The SMILES string of the molecule is CCOc1ccc2nc(N3CCN(C(=O)Cn4nc(C)cc4C)CC3)sc2c1. The molecule has 1 aliphatic rings. The van der Waals surface area contributed by atoms with E-state index in [0.717, 1.165) is 45.6 Å². The normalized spacial score (nSPS) is 14.7. The molecule has 8 heteroatoms. The molecule has 4 rings (SSSR count). The van der Waals surface area contributed by atoms with Crippen molar-refractivity contribution in [2.75, 3.05) is 37.7 Å². The molecule has 1 aromatic carbocycles. The molecule has 0 radical (unpaired) electrons. The highest BCUT2D eigenvalue weighted by Gasteiger charge is 2.23. The second-order valence-electron chi connectivity index (χ2n) is 7.01. The maximum atomic E-state index is 12.6. The number of piperazine rings is 1. The molecule has 0 spiro atoms. The zero-order valence-corrected chi connectivity index (χ0v) is 17.3. The molecule has 3 heterocycles. The van der Waals surface area contributed by atoms with E-state index in [9.17, 15) is 4.79 Å². The number of ether oxygens (including phenoxy) is 1. The van der Waals surface area contributed by atoms with E-state index >= 15 is 0 Å². The molecule has 0 bridgehead atoms. The first-order valence-electron chi connectivity index (χ1n) is 9.60. The highest BCUT2D eigenvalue weighted by Crippen LogP contribution is 2.32. The molecular weight excluding hydrogens is 374 g/mol. The average Bonchev–Trinajstić information content (AvgIpc) is 3.24. The maximum absolute atomic E-state index is 12.6. The van der Waals surface area contributed by atoms with Crippen molar-refractivity contribution in [3.8, 4) is 5.75 Å². The molecule has 0 N–H and O–H groups in total. The van der Waals surface area contributed by atoms with Gasteiger partial charge in [0.25, 0.3) is 0 Å². The molecule has 28 heavy (non-hydrogen) atoms. The van der Waals surface area contributed by atoms with Gasteiger partial charge >= 0.3 is 0 Å². The van der Waals surface area contributed by atoms with Gasteiger partial charge in [-0.3, -0.25) is 9.48 Å². The van der Waals surface area contributed by atoms with Crippen molar-refractivity contribution in [1.29, 1.82) is 0 Å². The Kier molecular flexibility index (Phi) is 5.21. The number of anilines is 1. The van der Waals surface area contributed by atoms with Crippen LogP contribution in [-0.2, 0) is 11.3 Å². The van der Waals surface area contributed by atoms with Crippen LogP contribution in [0.25, 0.3) is 10.2 Å². The van der Waals surface area contributed by atoms with E-state index < -0.39 is 0 Å². The number of hydrogen-bond donors (Lipinski definition) is 0. The lowest BCUT2D eigenvalue weighted by atomic mass is 10.3. The molecule has 3 aromatic rings. The van der Waals surface area contributed by atoms with Crippen LogP contribution in [0.2, 0.25) is 0 Å². The number of carbonyl (C=O) groups is 1. The summed E-state index contributed by atoms with van der Waals surface area (Å²) in [6.07, 6.45) is 0. The number of nitrogens with zero attached hydrogens (tertiary/aromatic N) is 5. The summed E-state index contributed by atoms with van der Waals surface area (Å²) in [5.74, 6) is 1.00. The highest BCUT2D eigenvalue weighted by atomic mass is 32.1. The number of rotatable bonds is 5. The molecule has 1 amide bonds. The zero-order chi connectivity index (χ0) is 19.7. The summed E-state index contributed by atoms with van der Waals surface area (Å²) in [6.45, 7) is 9.87. The Balaban J connectivity index is 1.39. The Morgan fingerprint density at radius 1 is 1.18 bits per heavy atom. The number of amides is 1. The van der Waals surface area contributed by atoms with Crippen LogP contribution < -0.4 is 9.64 Å². The molecule has 0 aliphatic carbocycles. The molecule has 148 valence electrons. The van der Waals surface area contributed by atoms with Crippen molar-refractivity contribution < 1.29 is 9.53 Å². The zero-order valence-electron chi connectivity index (χ0n) is 16.5. The van der Waals surface area contributed by atoms with Gasteiger partial charge in [-0.25, -0.2) is 4.98 Å². The van der Waals surface area contributed by atoms with E-state index in [2.05, 4.69) is 10.00 Å². The maximum Gasteiger partial charge on any atom is 0.244 e. The van der Waals surface area contributed by atoms with Crippen LogP contribution in [0, 0.1) is 13.8 Å². The number of fused-ring (bicyclic) bond motifs is 1. The summed E-state index contributed by atoms with van der Waals surface area (Å²) >= 11 is 1.68. The van der Waals surface area contributed by atoms with Crippen LogP contribution in [0.3, 0.4) is 0 Å². The van der Waals surface area contributed by atoms with Crippen LogP contribution >= 0.6 is 11.3 Å². The second kappa shape index (κ2) is 7.79. The topological polar surface area (TPSA) is 63.5 Å². The van der Waals surface area contributed by atoms with Crippen molar-refractivity contribution in [2.24, 2.45) is 0 Å². The Hall–Kier alpha value is -2.61. The number of aromatic nitrogens is 3. The van der Waals surface area contributed by atoms with E-state index in [-0.39, 0.29) is 5.91 Å².